The van der Waals surface area contributed by atoms with E-state index >= 15 is 0 Å². The number of hydrogen-bond acceptors (Lipinski definition) is 4. The third-order valence-electron chi connectivity index (χ3n) is 7.23. The van der Waals surface area contributed by atoms with E-state index < -0.39 is 23.8 Å². The van der Waals surface area contributed by atoms with Crippen molar-refractivity contribution >= 4 is 40.9 Å². The third kappa shape index (κ3) is 8.44. The van der Waals surface area contributed by atoms with Gasteiger partial charge in [0.15, 0.2) is 0 Å². The summed E-state index contributed by atoms with van der Waals surface area (Å²) in [6.45, 7) is 6.92. The molecular weight excluding hydrogens is 537 g/mol. The molecule has 1 unspecified atom stereocenters. The molecular formula is C30H39Cl2N3O4. The molecule has 1 saturated heterocycles. The van der Waals surface area contributed by atoms with Crippen molar-refractivity contribution < 1.29 is 19.6 Å². The first kappa shape index (κ1) is 30.9. The van der Waals surface area contributed by atoms with Gasteiger partial charge in [-0.2, -0.15) is 0 Å². The molecule has 1 aliphatic rings. The second-order valence-electron chi connectivity index (χ2n) is 10.7. The monoisotopic (exact) mass is 575 g/mol. The first-order chi connectivity index (χ1) is 18.6. The number of likely N-dealkylation sites (tertiary alicyclic amines) is 1. The van der Waals surface area contributed by atoms with Crippen molar-refractivity contribution in [2.75, 3.05) is 6.54 Å². The van der Waals surface area contributed by atoms with Crippen molar-refractivity contribution in [2.45, 2.75) is 71.9 Å². The number of hydroxylamine groups is 1. The van der Waals surface area contributed by atoms with Crippen molar-refractivity contribution in [3.05, 3.63) is 58.1 Å². The molecule has 1 aliphatic heterocycles. The van der Waals surface area contributed by atoms with Crippen LogP contribution in [0.15, 0.2) is 42.5 Å². The van der Waals surface area contributed by atoms with Gasteiger partial charge in [0.2, 0.25) is 17.7 Å². The Hall–Kier alpha value is -2.61. The minimum Gasteiger partial charge on any atom is -0.344 e. The van der Waals surface area contributed by atoms with Gasteiger partial charge in [0.1, 0.15) is 6.04 Å². The van der Waals surface area contributed by atoms with E-state index in [1.54, 1.807) is 22.5 Å². The molecule has 2 aromatic rings. The summed E-state index contributed by atoms with van der Waals surface area (Å²) in [6, 6.07) is 12.6. The van der Waals surface area contributed by atoms with Crippen LogP contribution >= 0.6 is 23.2 Å². The fourth-order valence-electron chi connectivity index (χ4n) is 5.33. The Morgan fingerprint density at radius 2 is 1.85 bits per heavy atom. The van der Waals surface area contributed by atoms with Crippen LogP contribution < -0.4 is 10.8 Å². The number of halogens is 2. The molecule has 0 aliphatic carbocycles. The van der Waals surface area contributed by atoms with Gasteiger partial charge < -0.3 is 10.2 Å². The summed E-state index contributed by atoms with van der Waals surface area (Å²) in [6.07, 6.45) is 3.82. The maximum absolute atomic E-state index is 13.6. The van der Waals surface area contributed by atoms with E-state index in [2.05, 4.69) is 5.32 Å². The second-order valence-corrected chi connectivity index (χ2v) is 11.6. The Bertz CT molecular complexity index is 1160. The van der Waals surface area contributed by atoms with Crippen LogP contribution in [0.25, 0.3) is 11.1 Å². The Morgan fingerprint density at radius 1 is 1.08 bits per heavy atom. The number of nitrogens with zero attached hydrogens (tertiary/aromatic N) is 1. The number of carbonyl (C=O) groups is 3. The van der Waals surface area contributed by atoms with Gasteiger partial charge >= 0.3 is 0 Å². The minimum atomic E-state index is -0.665. The average molecular weight is 577 g/mol. The molecule has 7 nitrogen and oxygen atoms in total. The van der Waals surface area contributed by atoms with E-state index in [0.29, 0.717) is 48.8 Å². The summed E-state index contributed by atoms with van der Waals surface area (Å²) < 4.78 is 0. The molecule has 9 heteroatoms. The topological polar surface area (TPSA) is 98.7 Å². The molecule has 1 fully saturated rings. The highest BCUT2D eigenvalue weighted by Crippen LogP contribution is 2.31. The summed E-state index contributed by atoms with van der Waals surface area (Å²) in [5.41, 5.74) is 4.48. The molecule has 0 bridgehead atoms. The van der Waals surface area contributed by atoms with Gasteiger partial charge in [0.05, 0.1) is 5.92 Å². The van der Waals surface area contributed by atoms with Crippen LogP contribution in [0.1, 0.15) is 64.9 Å². The Balaban J connectivity index is 1.77. The van der Waals surface area contributed by atoms with Crippen LogP contribution in [0, 0.1) is 17.8 Å². The highest BCUT2D eigenvalue weighted by Gasteiger charge is 2.36. The SMILES string of the molecule is CCC[C@H](C(=O)NO)C(CC(C)C)C(=O)N[C@H]1CCCCN(Cc2cccc(-c3ccc(Cl)cc3Cl)c2)C1=O. The Morgan fingerprint density at radius 3 is 2.51 bits per heavy atom. The maximum Gasteiger partial charge on any atom is 0.247 e. The first-order valence-electron chi connectivity index (χ1n) is 13.7. The lowest BCUT2D eigenvalue weighted by atomic mass is 9.81. The molecule has 3 amide bonds. The number of hydrogen-bond donors (Lipinski definition) is 3. The molecule has 3 N–H and O–H groups in total. The molecule has 39 heavy (non-hydrogen) atoms. The van der Waals surface area contributed by atoms with Crippen LogP contribution in [0.3, 0.4) is 0 Å². The fraction of sp³-hybridized carbons (Fsp3) is 0.500. The largest absolute Gasteiger partial charge is 0.344 e. The average Bonchev–Trinajstić information content (AvgIpc) is 3.06. The molecule has 0 spiro atoms. The summed E-state index contributed by atoms with van der Waals surface area (Å²) in [5.74, 6) is -2.14. The van der Waals surface area contributed by atoms with Crippen molar-refractivity contribution in [3.63, 3.8) is 0 Å². The van der Waals surface area contributed by atoms with E-state index in [4.69, 9.17) is 23.2 Å². The smallest absolute Gasteiger partial charge is 0.247 e. The van der Waals surface area contributed by atoms with Crippen LogP contribution in [0.5, 0.6) is 0 Å². The second kappa shape index (κ2) is 14.7. The highest BCUT2D eigenvalue weighted by atomic mass is 35.5. The van der Waals surface area contributed by atoms with Crippen LogP contribution in [-0.2, 0) is 20.9 Å². The van der Waals surface area contributed by atoms with Crippen LogP contribution in [0.4, 0.5) is 0 Å². The highest BCUT2D eigenvalue weighted by molar-refractivity contribution is 6.36. The van der Waals surface area contributed by atoms with Crippen molar-refractivity contribution in [3.8, 4) is 11.1 Å². The summed E-state index contributed by atoms with van der Waals surface area (Å²) >= 11 is 12.5. The van der Waals surface area contributed by atoms with E-state index in [1.807, 2.05) is 51.1 Å². The maximum atomic E-state index is 13.6. The number of rotatable bonds is 11. The van der Waals surface area contributed by atoms with E-state index in [1.165, 1.54) is 0 Å². The van der Waals surface area contributed by atoms with Gasteiger partial charge in [-0.25, -0.2) is 5.48 Å². The van der Waals surface area contributed by atoms with E-state index in [9.17, 15) is 19.6 Å². The molecule has 0 aromatic heterocycles. The standard InChI is InChI=1S/C30H39Cl2N3O4/c1-4-8-24(29(37)34-39)25(15-19(2)3)28(36)33-27-11-5-6-14-35(30(27)38)18-20-9-7-10-21(16-20)23-13-12-22(31)17-26(23)32/h7,9-10,12-13,16-17,19,24-25,27,39H,4-6,8,11,14-15,18H2,1-3H3,(H,33,36)(H,34,37)/t24-,25?,27-/m0/s1. The fourth-order valence-corrected chi connectivity index (χ4v) is 5.84. The number of benzene rings is 2. The van der Waals surface area contributed by atoms with Gasteiger partial charge in [-0.05, 0) is 67.3 Å². The van der Waals surface area contributed by atoms with Gasteiger partial charge in [-0.15, -0.1) is 0 Å². The normalized spacial score (nSPS) is 17.5. The van der Waals surface area contributed by atoms with Gasteiger partial charge in [0.25, 0.3) is 0 Å². The lowest BCUT2D eigenvalue weighted by molar-refractivity contribution is -0.143. The Kier molecular flexibility index (Phi) is 11.6. The number of nitrogens with one attached hydrogen (secondary N) is 2. The molecule has 212 valence electrons. The molecule has 1 heterocycles. The van der Waals surface area contributed by atoms with Crippen LogP contribution in [0.2, 0.25) is 10.0 Å². The van der Waals surface area contributed by atoms with Crippen molar-refractivity contribution in [2.24, 2.45) is 17.8 Å². The van der Waals surface area contributed by atoms with Gasteiger partial charge in [0, 0.05) is 34.6 Å². The number of amides is 3. The molecule has 0 radical (unpaired) electrons. The lowest BCUT2D eigenvalue weighted by Crippen LogP contribution is -2.51. The van der Waals surface area contributed by atoms with E-state index in [-0.39, 0.29) is 17.7 Å². The third-order valence-corrected chi connectivity index (χ3v) is 7.78. The molecule has 2 aromatic carbocycles. The summed E-state index contributed by atoms with van der Waals surface area (Å²) in [4.78, 5) is 41.3. The lowest BCUT2D eigenvalue weighted by Gasteiger charge is -2.29. The molecule has 0 saturated carbocycles. The zero-order valence-corrected chi connectivity index (χ0v) is 24.4. The number of carbonyl (C=O) groups excluding carboxylic acids is 3. The first-order valence-corrected chi connectivity index (χ1v) is 14.5. The summed E-state index contributed by atoms with van der Waals surface area (Å²) in [5, 5.41) is 13.4. The van der Waals surface area contributed by atoms with Crippen molar-refractivity contribution in [1.29, 1.82) is 0 Å². The van der Waals surface area contributed by atoms with Crippen LogP contribution in [-0.4, -0.2) is 40.4 Å². The molecule has 3 rings (SSSR count). The van der Waals surface area contributed by atoms with Crippen molar-refractivity contribution in [1.82, 2.24) is 15.7 Å². The molecule has 3 atom stereocenters. The van der Waals surface area contributed by atoms with E-state index in [0.717, 1.165) is 29.5 Å². The van der Waals surface area contributed by atoms with Gasteiger partial charge in [-0.3, -0.25) is 19.6 Å². The predicted molar refractivity (Wildman–Crippen MR) is 154 cm³/mol. The Labute approximate surface area is 241 Å². The zero-order valence-electron chi connectivity index (χ0n) is 22.9. The zero-order chi connectivity index (χ0) is 28.5. The predicted octanol–water partition coefficient (Wildman–Crippen LogP) is 6.24. The quantitative estimate of drug-likeness (QED) is 0.218. The summed E-state index contributed by atoms with van der Waals surface area (Å²) in [7, 11) is 0. The van der Waals surface area contributed by atoms with Gasteiger partial charge in [-0.1, -0.05) is 74.7 Å². The minimum absolute atomic E-state index is 0.127.